The molecule has 1 heterocycles. The van der Waals surface area contributed by atoms with Crippen molar-refractivity contribution in [3.8, 4) is 0 Å². The highest BCUT2D eigenvalue weighted by atomic mass is 16.5. The number of likely N-dealkylation sites (tertiary alicyclic amines) is 1. The predicted molar refractivity (Wildman–Crippen MR) is 95.1 cm³/mol. The van der Waals surface area contributed by atoms with Crippen LogP contribution in [0.1, 0.15) is 57.8 Å². The lowest BCUT2D eigenvalue weighted by molar-refractivity contribution is -0.154. The maximum Gasteiger partial charge on any atom is 0.325 e. The summed E-state index contributed by atoms with van der Waals surface area (Å²) in [4.78, 5) is 48.7. The van der Waals surface area contributed by atoms with E-state index in [1.165, 1.54) is 19.3 Å². The van der Waals surface area contributed by atoms with Crippen molar-refractivity contribution < 1.29 is 23.9 Å². The van der Waals surface area contributed by atoms with Crippen molar-refractivity contribution in [2.45, 2.75) is 57.8 Å². The number of rotatable bonds is 6. The topological polar surface area (TPSA) is 92.8 Å². The number of carbonyl (C=O) groups is 4. The van der Waals surface area contributed by atoms with Crippen LogP contribution in [0, 0.1) is 23.2 Å². The number of nitrogens with one attached hydrogen (secondary N) is 1. The van der Waals surface area contributed by atoms with Crippen molar-refractivity contribution in [2.75, 3.05) is 19.7 Å². The lowest BCUT2D eigenvalue weighted by Crippen LogP contribution is -2.48. The molecule has 0 aromatic carbocycles. The van der Waals surface area contributed by atoms with Gasteiger partial charge in [0.1, 0.15) is 6.54 Å². The maximum atomic E-state index is 12.4. The van der Waals surface area contributed by atoms with Gasteiger partial charge in [0.25, 0.3) is 5.91 Å². The van der Waals surface area contributed by atoms with E-state index in [1.54, 1.807) is 0 Å². The smallest absolute Gasteiger partial charge is 0.325 e. The summed E-state index contributed by atoms with van der Waals surface area (Å²) in [5.74, 6) is 0.893. The number of hydrogen-bond donors (Lipinski definition) is 1. The van der Waals surface area contributed by atoms with E-state index in [0.717, 1.165) is 41.9 Å². The normalized spacial score (nSPS) is 34.0. The van der Waals surface area contributed by atoms with Crippen LogP contribution in [0.4, 0.5) is 0 Å². The van der Waals surface area contributed by atoms with Gasteiger partial charge in [-0.05, 0) is 68.1 Å². The lowest BCUT2D eigenvalue weighted by Gasteiger charge is -2.56. The van der Waals surface area contributed by atoms with Crippen molar-refractivity contribution in [2.24, 2.45) is 23.2 Å². The number of ether oxygens (including phenoxy) is 1. The van der Waals surface area contributed by atoms with E-state index >= 15 is 0 Å². The highest BCUT2D eigenvalue weighted by Crippen LogP contribution is 2.61. The summed E-state index contributed by atoms with van der Waals surface area (Å²) in [6.45, 7) is -0.293. The van der Waals surface area contributed by atoms with Crippen LogP contribution in [0.5, 0.6) is 0 Å². The molecule has 148 valence electrons. The lowest BCUT2D eigenvalue weighted by atomic mass is 9.49. The molecule has 0 aromatic heterocycles. The fraction of sp³-hybridized carbons (Fsp3) is 0.800. The van der Waals surface area contributed by atoms with Crippen molar-refractivity contribution in [1.82, 2.24) is 10.2 Å². The highest BCUT2D eigenvalue weighted by Gasteiger charge is 2.51. The van der Waals surface area contributed by atoms with Gasteiger partial charge in [0.2, 0.25) is 11.8 Å². The summed E-state index contributed by atoms with van der Waals surface area (Å²) in [6, 6.07) is 0. The van der Waals surface area contributed by atoms with Crippen LogP contribution < -0.4 is 5.32 Å². The van der Waals surface area contributed by atoms with Crippen LogP contribution >= 0.6 is 0 Å². The molecule has 3 amide bonds. The molecule has 4 bridgehead atoms. The van der Waals surface area contributed by atoms with Crippen LogP contribution in [0.2, 0.25) is 0 Å². The third-order valence-electron chi connectivity index (χ3n) is 6.86. The minimum Gasteiger partial charge on any atom is -0.454 e. The second kappa shape index (κ2) is 7.24. The molecule has 4 saturated carbocycles. The molecule has 1 N–H and O–H groups in total. The molecule has 4 aliphatic carbocycles. The quantitative estimate of drug-likeness (QED) is 0.708. The largest absolute Gasteiger partial charge is 0.454 e. The molecule has 5 rings (SSSR count). The molecule has 7 heteroatoms. The van der Waals surface area contributed by atoms with Crippen LogP contribution in [-0.4, -0.2) is 48.3 Å². The van der Waals surface area contributed by atoms with E-state index in [9.17, 15) is 19.2 Å². The van der Waals surface area contributed by atoms with Gasteiger partial charge < -0.3 is 10.1 Å². The number of esters is 1. The first-order valence-electron chi connectivity index (χ1n) is 10.2. The van der Waals surface area contributed by atoms with Crippen LogP contribution in [0.15, 0.2) is 0 Å². The Bertz CT molecular complexity index is 623. The van der Waals surface area contributed by atoms with Crippen molar-refractivity contribution >= 4 is 23.7 Å². The summed E-state index contributed by atoms with van der Waals surface area (Å²) in [5.41, 5.74) is 0.134. The van der Waals surface area contributed by atoms with Gasteiger partial charge in [-0.3, -0.25) is 24.1 Å². The van der Waals surface area contributed by atoms with E-state index in [0.29, 0.717) is 25.8 Å². The molecule has 1 saturated heterocycles. The van der Waals surface area contributed by atoms with Crippen LogP contribution in [0.3, 0.4) is 0 Å². The van der Waals surface area contributed by atoms with Crippen molar-refractivity contribution in [1.29, 1.82) is 0 Å². The summed E-state index contributed by atoms with van der Waals surface area (Å²) >= 11 is 0. The summed E-state index contributed by atoms with van der Waals surface area (Å²) in [7, 11) is 0. The molecular weight excluding hydrogens is 348 g/mol. The second-order valence-corrected chi connectivity index (χ2v) is 9.07. The molecule has 1 aliphatic heterocycles. The molecule has 5 fully saturated rings. The van der Waals surface area contributed by atoms with E-state index in [-0.39, 0.29) is 23.8 Å². The minimum atomic E-state index is -0.645. The zero-order valence-electron chi connectivity index (χ0n) is 15.7. The Labute approximate surface area is 159 Å². The fourth-order valence-electron chi connectivity index (χ4n) is 6.26. The number of nitrogens with zero attached hydrogens (tertiary/aromatic N) is 1. The fourth-order valence-corrected chi connectivity index (χ4v) is 6.26. The number of hydrogen-bond acceptors (Lipinski definition) is 5. The highest BCUT2D eigenvalue weighted by molar-refractivity contribution is 5.97. The predicted octanol–water partition coefficient (Wildman–Crippen LogP) is 1.40. The Kier molecular flexibility index (Phi) is 4.95. The molecule has 0 aromatic rings. The first-order valence-corrected chi connectivity index (χ1v) is 10.2. The zero-order valence-corrected chi connectivity index (χ0v) is 15.7. The van der Waals surface area contributed by atoms with Gasteiger partial charge in [-0.25, -0.2) is 0 Å². The van der Waals surface area contributed by atoms with Gasteiger partial charge in [0, 0.05) is 19.4 Å². The molecule has 0 spiro atoms. The minimum absolute atomic E-state index is 0.102. The number of amides is 3. The zero-order chi connectivity index (χ0) is 19.0. The first-order chi connectivity index (χ1) is 12.9. The van der Waals surface area contributed by atoms with Gasteiger partial charge >= 0.3 is 5.97 Å². The molecule has 7 nitrogen and oxygen atoms in total. The number of imide groups is 1. The van der Waals surface area contributed by atoms with Crippen molar-refractivity contribution in [3.05, 3.63) is 0 Å². The standard InChI is InChI=1S/C20H28N2O5/c23-16(10-20-7-13-4-14(8-20)6-15(5-13)9-20)21-11-19(26)27-12-18(25)22-3-1-2-17(22)24/h13-15H,1-12H2,(H,21,23). The molecule has 0 atom stereocenters. The monoisotopic (exact) mass is 376 g/mol. The van der Waals surface area contributed by atoms with Gasteiger partial charge in [-0.15, -0.1) is 0 Å². The second-order valence-electron chi connectivity index (χ2n) is 9.07. The van der Waals surface area contributed by atoms with E-state index < -0.39 is 18.5 Å². The third-order valence-corrected chi connectivity index (χ3v) is 6.86. The third kappa shape index (κ3) is 4.01. The SMILES string of the molecule is O=C(CC12CC3CC(CC(C3)C1)C2)NCC(=O)OCC(=O)N1CCCC1=O. The Morgan fingerprint density at radius 3 is 2.26 bits per heavy atom. The Balaban J connectivity index is 1.19. The van der Waals surface area contributed by atoms with Gasteiger partial charge in [0.15, 0.2) is 6.61 Å². The van der Waals surface area contributed by atoms with E-state index in [1.807, 2.05) is 0 Å². The van der Waals surface area contributed by atoms with Gasteiger partial charge in [-0.2, -0.15) is 0 Å². The first kappa shape index (κ1) is 18.4. The summed E-state index contributed by atoms with van der Waals surface area (Å²) in [6.07, 6.45) is 8.95. The van der Waals surface area contributed by atoms with Gasteiger partial charge in [-0.1, -0.05) is 0 Å². The Morgan fingerprint density at radius 1 is 1.07 bits per heavy atom. The average molecular weight is 376 g/mol. The van der Waals surface area contributed by atoms with Crippen LogP contribution in [0.25, 0.3) is 0 Å². The maximum absolute atomic E-state index is 12.4. The average Bonchev–Trinajstić information content (AvgIpc) is 3.02. The number of carbonyl (C=O) groups excluding carboxylic acids is 4. The summed E-state index contributed by atoms with van der Waals surface area (Å²) < 4.78 is 4.91. The van der Waals surface area contributed by atoms with Gasteiger partial charge in [0.05, 0.1) is 0 Å². The molecular formula is C20H28N2O5. The van der Waals surface area contributed by atoms with E-state index in [2.05, 4.69) is 5.32 Å². The Hall–Kier alpha value is -1.92. The summed E-state index contributed by atoms with van der Waals surface area (Å²) in [5, 5.41) is 2.65. The Morgan fingerprint density at radius 2 is 1.70 bits per heavy atom. The van der Waals surface area contributed by atoms with E-state index in [4.69, 9.17) is 4.74 Å². The molecule has 0 radical (unpaired) electrons. The molecule has 0 unspecified atom stereocenters. The van der Waals surface area contributed by atoms with Crippen molar-refractivity contribution in [3.63, 3.8) is 0 Å². The molecule has 5 aliphatic rings. The molecule has 27 heavy (non-hydrogen) atoms. The van der Waals surface area contributed by atoms with Crippen LogP contribution in [-0.2, 0) is 23.9 Å².